The van der Waals surface area contributed by atoms with E-state index in [0.29, 0.717) is 19.6 Å². The lowest BCUT2D eigenvalue weighted by atomic mass is 10.1. The van der Waals surface area contributed by atoms with Gasteiger partial charge in [0.2, 0.25) is 5.91 Å². The number of unbranched alkanes of at least 4 members (excludes halogenated alkanes) is 1. The van der Waals surface area contributed by atoms with Crippen LogP contribution in [0.1, 0.15) is 36.7 Å². The fourth-order valence-corrected chi connectivity index (χ4v) is 3.51. The number of nitrogens with zero attached hydrogens (tertiary/aromatic N) is 2. The zero-order valence-corrected chi connectivity index (χ0v) is 18.1. The SMILES string of the molecule is C/C=C/C(=O)NCCc1nc2ccccc2n1CCCCOc1cccc(C)c1C. The van der Waals surface area contributed by atoms with Crippen molar-refractivity contribution in [3.05, 3.63) is 71.6 Å². The topological polar surface area (TPSA) is 56.2 Å². The van der Waals surface area contributed by atoms with Crippen molar-refractivity contribution < 1.29 is 9.53 Å². The van der Waals surface area contributed by atoms with Crippen LogP contribution in [-0.4, -0.2) is 28.6 Å². The molecule has 3 aromatic rings. The molecular formula is C25H31N3O2. The Bertz CT molecular complexity index is 1020. The Hall–Kier alpha value is -3.08. The molecule has 1 heterocycles. The Kier molecular flexibility index (Phi) is 7.66. The number of nitrogens with one attached hydrogen (secondary N) is 1. The molecule has 0 atom stereocenters. The van der Waals surface area contributed by atoms with E-state index in [1.807, 2.05) is 37.3 Å². The minimum Gasteiger partial charge on any atom is -0.493 e. The van der Waals surface area contributed by atoms with E-state index < -0.39 is 0 Å². The van der Waals surface area contributed by atoms with Gasteiger partial charge in [-0.15, -0.1) is 0 Å². The average molecular weight is 406 g/mol. The molecule has 5 heteroatoms. The molecule has 158 valence electrons. The van der Waals surface area contributed by atoms with Crippen LogP contribution >= 0.6 is 0 Å². The van der Waals surface area contributed by atoms with E-state index in [1.165, 1.54) is 11.1 Å². The lowest BCUT2D eigenvalue weighted by molar-refractivity contribution is -0.116. The number of rotatable bonds is 10. The minimum absolute atomic E-state index is 0.0660. The van der Waals surface area contributed by atoms with Gasteiger partial charge < -0.3 is 14.6 Å². The summed E-state index contributed by atoms with van der Waals surface area (Å²) in [5.74, 6) is 1.91. The summed E-state index contributed by atoms with van der Waals surface area (Å²) in [4.78, 5) is 16.4. The van der Waals surface area contributed by atoms with Crippen LogP contribution in [0.2, 0.25) is 0 Å². The van der Waals surface area contributed by atoms with Gasteiger partial charge in [0.05, 0.1) is 17.6 Å². The molecule has 1 amide bonds. The highest BCUT2D eigenvalue weighted by Crippen LogP contribution is 2.21. The summed E-state index contributed by atoms with van der Waals surface area (Å²) in [5.41, 5.74) is 4.60. The number of ether oxygens (including phenoxy) is 1. The van der Waals surface area contributed by atoms with Crippen molar-refractivity contribution in [1.29, 1.82) is 0 Å². The van der Waals surface area contributed by atoms with E-state index >= 15 is 0 Å². The minimum atomic E-state index is -0.0660. The van der Waals surface area contributed by atoms with Crippen LogP contribution in [0, 0.1) is 13.8 Å². The van der Waals surface area contributed by atoms with Crippen molar-refractivity contribution in [3.8, 4) is 5.75 Å². The lowest BCUT2D eigenvalue weighted by Crippen LogP contribution is -2.24. The number of hydrogen-bond acceptors (Lipinski definition) is 3. The monoisotopic (exact) mass is 405 g/mol. The van der Waals surface area contributed by atoms with E-state index in [-0.39, 0.29) is 5.91 Å². The molecule has 3 rings (SSSR count). The number of benzene rings is 2. The number of carbonyl (C=O) groups is 1. The van der Waals surface area contributed by atoms with Gasteiger partial charge in [-0.25, -0.2) is 4.98 Å². The van der Waals surface area contributed by atoms with Crippen molar-refractivity contribution in [2.45, 2.75) is 46.6 Å². The smallest absolute Gasteiger partial charge is 0.243 e. The van der Waals surface area contributed by atoms with E-state index in [1.54, 1.807) is 12.2 Å². The zero-order chi connectivity index (χ0) is 21.3. The van der Waals surface area contributed by atoms with Crippen molar-refractivity contribution in [2.24, 2.45) is 0 Å². The second-order valence-corrected chi connectivity index (χ2v) is 7.46. The van der Waals surface area contributed by atoms with Crippen molar-refractivity contribution in [3.63, 3.8) is 0 Å². The number of amides is 1. The molecule has 0 radical (unpaired) electrons. The number of aromatic nitrogens is 2. The molecule has 0 aliphatic heterocycles. The Balaban J connectivity index is 1.57. The third-order valence-corrected chi connectivity index (χ3v) is 5.29. The van der Waals surface area contributed by atoms with Crippen LogP contribution in [0.3, 0.4) is 0 Å². The number of hydrogen-bond donors (Lipinski definition) is 1. The number of aryl methyl sites for hydroxylation is 2. The van der Waals surface area contributed by atoms with Crippen LogP contribution in [0.15, 0.2) is 54.6 Å². The van der Waals surface area contributed by atoms with Gasteiger partial charge in [-0.2, -0.15) is 0 Å². The van der Waals surface area contributed by atoms with Gasteiger partial charge in [0.25, 0.3) is 0 Å². The van der Waals surface area contributed by atoms with Crippen LogP contribution in [-0.2, 0) is 17.8 Å². The molecule has 0 spiro atoms. The number of carbonyl (C=O) groups excluding carboxylic acids is 1. The molecule has 30 heavy (non-hydrogen) atoms. The number of imidazole rings is 1. The predicted octanol–water partition coefficient (Wildman–Crippen LogP) is 4.75. The van der Waals surface area contributed by atoms with Crippen LogP contribution in [0.4, 0.5) is 0 Å². The summed E-state index contributed by atoms with van der Waals surface area (Å²) in [6, 6.07) is 14.4. The second kappa shape index (κ2) is 10.6. The molecule has 0 saturated carbocycles. The fraction of sp³-hybridized carbons (Fsp3) is 0.360. The fourth-order valence-electron chi connectivity index (χ4n) is 3.51. The highest BCUT2D eigenvalue weighted by molar-refractivity contribution is 5.87. The molecular weight excluding hydrogens is 374 g/mol. The van der Waals surface area contributed by atoms with E-state index in [9.17, 15) is 4.79 Å². The molecule has 0 bridgehead atoms. The average Bonchev–Trinajstić information content (AvgIpc) is 3.08. The normalized spacial score (nSPS) is 11.3. The Morgan fingerprint density at radius 2 is 1.97 bits per heavy atom. The maximum atomic E-state index is 11.7. The molecule has 0 aliphatic rings. The van der Waals surface area contributed by atoms with Crippen LogP contribution < -0.4 is 10.1 Å². The van der Waals surface area contributed by atoms with Gasteiger partial charge in [0, 0.05) is 19.5 Å². The molecule has 0 saturated heterocycles. The maximum absolute atomic E-state index is 11.7. The van der Waals surface area contributed by atoms with Crippen LogP contribution in [0.25, 0.3) is 11.0 Å². The third kappa shape index (κ3) is 5.50. The largest absolute Gasteiger partial charge is 0.493 e. The summed E-state index contributed by atoms with van der Waals surface area (Å²) in [6.07, 6.45) is 5.96. The standard InChI is InChI=1S/C25H31N3O2/c1-4-10-25(29)26-16-15-24-27-21-12-5-6-13-22(21)28(24)17-7-8-18-30-23-14-9-11-19(2)20(23)3/h4-6,9-14H,7-8,15-18H2,1-3H3,(H,26,29)/b10-4+. The van der Waals surface area contributed by atoms with Crippen LogP contribution in [0.5, 0.6) is 5.75 Å². The van der Waals surface area contributed by atoms with Gasteiger partial charge in [-0.1, -0.05) is 30.3 Å². The van der Waals surface area contributed by atoms with Crippen molar-refractivity contribution >= 4 is 16.9 Å². The van der Waals surface area contributed by atoms with Gasteiger partial charge in [-0.3, -0.25) is 4.79 Å². The molecule has 1 N–H and O–H groups in total. The Morgan fingerprint density at radius 1 is 1.13 bits per heavy atom. The first-order valence-electron chi connectivity index (χ1n) is 10.6. The second-order valence-electron chi connectivity index (χ2n) is 7.46. The van der Waals surface area contributed by atoms with Gasteiger partial charge in [0.15, 0.2) is 0 Å². The summed E-state index contributed by atoms with van der Waals surface area (Å²) in [7, 11) is 0. The molecule has 1 aromatic heterocycles. The molecule has 0 unspecified atom stereocenters. The highest BCUT2D eigenvalue weighted by atomic mass is 16.5. The first-order valence-corrected chi connectivity index (χ1v) is 10.6. The van der Waals surface area contributed by atoms with Crippen molar-refractivity contribution in [1.82, 2.24) is 14.9 Å². The summed E-state index contributed by atoms with van der Waals surface area (Å²) < 4.78 is 8.26. The summed E-state index contributed by atoms with van der Waals surface area (Å²) in [5, 5.41) is 2.91. The maximum Gasteiger partial charge on any atom is 0.243 e. The van der Waals surface area contributed by atoms with Crippen molar-refractivity contribution in [2.75, 3.05) is 13.2 Å². The van der Waals surface area contributed by atoms with E-state index in [4.69, 9.17) is 9.72 Å². The summed E-state index contributed by atoms with van der Waals surface area (Å²) >= 11 is 0. The third-order valence-electron chi connectivity index (χ3n) is 5.29. The van der Waals surface area contributed by atoms with E-state index in [2.05, 4.69) is 35.9 Å². The first kappa shape index (κ1) is 21.6. The molecule has 0 aliphatic carbocycles. The van der Waals surface area contributed by atoms with Gasteiger partial charge in [0.1, 0.15) is 11.6 Å². The number of para-hydroxylation sites is 2. The van der Waals surface area contributed by atoms with Gasteiger partial charge in [-0.05, 0) is 69.0 Å². The quantitative estimate of drug-likeness (QED) is 0.391. The Labute approximate surface area is 178 Å². The number of fused-ring (bicyclic) bond motifs is 1. The molecule has 5 nitrogen and oxygen atoms in total. The first-order chi connectivity index (χ1) is 14.6. The molecule has 2 aromatic carbocycles. The predicted molar refractivity (Wildman–Crippen MR) is 122 cm³/mol. The summed E-state index contributed by atoms with van der Waals surface area (Å²) in [6.45, 7) is 8.20. The highest BCUT2D eigenvalue weighted by Gasteiger charge is 2.10. The van der Waals surface area contributed by atoms with Gasteiger partial charge >= 0.3 is 0 Å². The lowest BCUT2D eigenvalue weighted by Gasteiger charge is -2.12. The Morgan fingerprint density at radius 3 is 2.80 bits per heavy atom. The zero-order valence-electron chi connectivity index (χ0n) is 18.1. The molecule has 0 fully saturated rings. The number of allylic oxidation sites excluding steroid dienone is 1. The van der Waals surface area contributed by atoms with E-state index in [0.717, 1.165) is 42.0 Å².